The third kappa shape index (κ3) is 3.78. The molecule has 2 rings (SSSR count). The highest BCUT2D eigenvalue weighted by Crippen LogP contribution is 2.41. The van der Waals surface area contributed by atoms with Crippen LogP contribution in [0.3, 0.4) is 0 Å². The Labute approximate surface area is 154 Å². The van der Waals surface area contributed by atoms with Crippen LogP contribution >= 0.6 is 0 Å². The first kappa shape index (κ1) is 20.0. The number of ether oxygens (including phenoxy) is 1. The van der Waals surface area contributed by atoms with Crippen LogP contribution in [-0.2, 0) is 25.5 Å². The van der Waals surface area contributed by atoms with Crippen molar-refractivity contribution in [2.24, 2.45) is 5.41 Å². The number of amides is 1. The molecule has 26 heavy (non-hydrogen) atoms. The second kappa shape index (κ2) is 7.96. The number of ketones is 2. The zero-order valence-corrected chi connectivity index (χ0v) is 15.9. The number of benzene rings is 1. The van der Waals surface area contributed by atoms with Gasteiger partial charge in [0, 0.05) is 18.2 Å². The van der Waals surface area contributed by atoms with Crippen LogP contribution in [0.15, 0.2) is 36.4 Å². The summed E-state index contributed by atoms with van der Waals surface area (Å²) in [6.45, 7) is 10.4. The molecule has 0 aromatic heterocycles. The lowest BCUT2D eigenvalue weighted by Gasteiger charge is -2.43. The average molecular weight is 357 g/mol. The van der Waals surface area contributed by atoms with E-state index < -0.39 is 11.5 Å². The Morgan fingerprint density at radius 2 is 1.85 bits per heavy atom. The maximum absolute atomic E-state index is 12.9. The summed E-state index contributed by atoms with van der Waals surface area (Å²) < 4.78 is 6.04. The van der Waals surface area contributed by atoms with Crippen LogP contribution in [0, 0.1) is 5.41 Å². The summed E-state index contributed by atoms with van der Waals surface area (Å²) in [7, 11) is 0. The number of aryl methyl sites for hydroxylation is 1. The van der Waals surface area contributed by atoms with Crippen molar-refractivity contribution in [3.63, 3.8) is 0 Å². The Morgan fingerprint density at radius 3 is 2.35 bits per heavy atom. The Morgan fingerprint density at radius 1 is 1.23 bits per heavy atom. The SMILES string of the molecule is C=C1C(=O)[C@](CC)(C(C)=O)[C@H](CCc2ccc(NC(C)=O)cc2)O[C@@H]1C. The summed E-state index contributed by atoms with van der Waals surface area (Å²) in [6, 6.07) is 7.54. The molecule has 5 heteroatoms. The molecular formula is C21H27NO4. The van der Waals surface area contributed by atoms with E-state index in [9.17, 15) is 14.4 Å². The molecule has 0 unspecified atom stereocenters. The van der Waals surface area contributed by atoms with Gasteiger partial charge in [-0.1, -0.05) is 25.6 Å². The van der Waals surface area contributed by atoms with Gasteiger partial charge < -0.3 is 10.1 Å². The second-order valence-corrected chi connectivity index (χ2v) is 6.92. The van der Waals surface area contributed by atoms with E-state index in [0.717, 1.165) is 11.3 Å². The molecule has 1 aromatic rings. The van der Waals surface area contributed by atoms with Crippen LogP contribution in [0.4, 0.5) is 5.69 Å². The van der Waals surface area contributed by atoms with Crippen molar-refractivity contribution in [3.8, 4) is 0 Å². The number of hydrogen-bond acceptors (Lipinski definition) is 4. The van der Waals surface area contributed by atoms with Crippen LogP contribution in [0.25, 0.3) is 0 Å². The largest absolute Gasteiger partial charge is 0.369 e. The molecule has 0 bridgehead atoms. The third-order valence-corrected chi connectivity index (χ3v) is 5.26. The van der Waals surface area contributed by atoms with Crippen molar-refractivity contribution in [1.82, 2.24) is 0 Å². The van der Waals surface area contributed by atoms with Crippen LogP contribution in [0.1, 0.15) is 46.1 Å². The van der Waals surface area contributed by atoms with Crippen molar-refractivity contribution >= 4 is 23.2 Å². The fraction of sp³-hybridized carbons (Fsp3) is 0.476. The van der Waals surface area contributed by atoms with Crippen molar-refractivity contribution in [1.29, 1.82) is 0 Å². The lowest BCUT2D eigenvalue weighted by molar-refractivity contribution is -0.161. The van der Waals surface area contributed by atoms with Crippen LogP contribution in [0.5, 0.6) is 0 Å². The van der Waals surface area contributed by atoms with E-state index in [1.165, 1.54) is 13.8 Å². The minimum Gasteiger partial charge on any atom is -0.369 e. The molecule has 1 N–H and O–H groups in total. The van der Waals surface area contributed by atoms with Gasteiger partial charge in [-0.15, -0.1) is 0 Å². The van der Waals surface area contributed by atoms with E-state index in [0.29, 0.717) is 24.8 Å². The Bertz CT molecular complexity index is 722. The first-order chi connectivity index (χ1) is 12.2. The average Bonchev–Trinajstić information content (AvgIpc) is 2.59. The van der Waals surface area contributed by atoms with Gasteiger partial charge in [0.15, 0.2) is 5.78 Å². The molecule has 0 spiro atoms. The van der Waals surface area contributed by atoms with Crippen LogP contribution in [-0.4, -0.2) is 29.7 Å². The maximum Gasteiger partial charge on any atom is 0.221 e. The third-order valence-electron chi connectivity index (χ3n) is 5.26. The summed E-state index contributed by atoms with van der Waals surface area (Å²) in [5.74, 6) is -0.461. The van der Waals surface area contributed by atoms with Gasteiger partial charge in [0.2, 0.25) is 5.91 Å². The quantitative estimate of drug-likeness (QED) is 0.625. The van der Waals surface area contributed by atoms with Gasteiger partial charge in [0.1, 0.15) is 11.2 Å². The second-order valence-electron chi connectivity index (χ2n) is 6.92. The molecule has 5 nitrogen and oxygen atoms in total. The number of carbonyl (C=O) groups is 3. The fourth-order valence-corrected chi connectivity index (χ4v) is 3.66. The van der Waals surface area contributed by atoms with Gasteiger partial charge in [-0.05, 0) is 50.8 Å². The molecule has 1 amide bonds. The first-order valence-corrected chi connectivity index (χ1v) is 8.99. The van der Waals surface area contributed by atoms with Gasteiger partial charge in [0.25, 0.3) is 0 Å². The highest BCUT2D eigenvalue weighted by molar-refractivity contribution is 6.15. The van der Waals surface area contributed by atoms with Crippen LogP contribution in [0.2, 0.25) is 0 Å². The Hall–Kier alpha value is -2.27. The van der Waals surface area contributed by atoms with Gasteiger partial charge in [-0.2, -0.15) is 0 Å². The molecule has 0 radical (unpaired) electrons. The van der Waals surface area contributed by atoms with E-state index in [2.05, 4.69) is 11.9 Å². The molecule has 1 aliphatic rings. The number of anilines is 1. The smallest absolute Gasteiger partial charge is 0.221 e. The molecule has 1 heterocycles. The monoisotopic (exact) mass is 357 g/mol. The highest BCUT2D eigenvalue weighted by Gasteiger charge is 2.53. The Kier molecular flexibility index (Phi) is 6.13. The maximum atomic E-state index is 12.9. The summed E-state index contributed by atoms with van der Waals surface area (Å²) in [5, 5.41) is 2.73. The summed E-state index contributed by atoms with van der Waals surface area (Å²) >= 11 is 0. The normalized spacial score (nSPS) is 25.8. The number of nitrogens with one attached hydrogen (secondary N) is 1. The summed E-state index contributed by atoms with van der Waals surface area (Å²) in [6.07, 6.45) is 0.795. The number of carbonyl (C=O) groups excluding carboxylic acids is 3. The highest BCUT2D eigenvalue weighted by atomic mass is 16.5. The van der Waals surface area contributed by atoms with Crippen molar-refractivity contribution in [3.05, 3.63) is 42.0 Å². The molecule has 1 aliphatic heterocycles. The van der Waals surface area contributed by atoms with Gasteiger partial charge in [-0.25, -0.2) is 0 Å². The minimum absolute atomic E-state index is 0.115. The van der Waals surface area contributed by atoms with Crippen LogP contribution < -0.4 is 5.32 Å². The molecule has 1 aromatic carbocycles. The minimum atomic E-state index is -1.14. The standard InChI is InChI=1S/C21H27NO4/c1-6-21(15(4)23)19(26-14(3)13(2)20(21)25)12-9-17-7-10-18(11-8-17)22-16(5)24/h7-8,10-11,14,19H,2,6,9,12H2,1,3-5H3,(H,22,24)/t14-,19+,21-/m1/s1. The number of hydrogen-bond donors (Lipinski definition) is 1. The fourth-order valence-electron chi connectivity index (χ4n) is 3.66. The molecule has 3 atom stereocenters. The van der Waals surface area contributed by atoms with Crippen molar-refractivity contribution in [2.75, 3.05) is 5.32 Å². The summed E-state index contributed by atoms with van der Waals surface area (Å²) in [5.41, 5.74) is 1.03. The van der Waals surface area contributed by atoms with Crippen molar-refractivity contribution in [2.45, 2.75) is 59.2 Å². The first-order valence-electron chi connectivity index (χ1n) is 8.99. The van der Waals surface area contributed by atoms with Gasteiger partial charge in [0.05, 0.1) is 12.2 Å². The molecular weight excluding hydrogens is 330 g/mol. The van der Waals surface area contributed by atoms with E-state index in [-0.39, 0.29) is 23.6 Å². The lowest BCUT2D eigenvalue weighted by atomic mass is 9.67. The molecule has 0 saturated carbocycles. The van der Waals surface area contributed by atoms with Gasteiger partial charge in [-0.3, -0.25) is 14.4 Å². The number of rotatable bonds is 6. The molecule has 0 aliphatic carbocycles. The Balaban J connectivity index is 2.17. The van der Waals surface area contributed by atoms with E-state index in [4.69, 9.17) is 4.74 Å². The van der Waals surface area contributed by atoms with E-state index in [1.807, 2.05) is 31.2 Å². The zero-order valence-electron chi connectivity index (χ0n) is 15.9. The van der Waals surface area contributed by atoms with Gasteiger partial charge >= 0.3 is 0 Å². The van der Waals surface area contributed by atoms with E-state index >= 15 is 0 Å². The lowest BCUT2D eigenvalue weighted by Crippen LogP contribution is -2.55. The summed E-state index contributed by atoms with van der Waals surface area (Å²) in [4.78, 5) is 36.3. The zero-order chi connectivity index (χ0) is 19.5. The number of Topliss-reactive ketones (excluding diaryl/α,β-unsaturated/α-hetero) is 2. The molecule has 140 valence electrons. The topological polar surface area (TPSA) is 72.5 Å². The van der Waals surface area contributed by atoms with E-state index in [1.54, 1.807) is 6.92 Å². The van der Waals surface area contributed by atoms with Crippen molar-refractivity contribution < 1.29 is 19.1 Å². The molecule has 1 saturated heterocycles. The predicted molar refractivity (Wildman–Crippen MR) is 101 cm³/mol. The molecule has 1 fully saturated rings. The predicted octanol–water partition coefficient (Wildman–Crippen LogP) is 3.48.